The lowest BCUT2D eigenvalue weighted by Crippen LogP contribution is -2.29. The van der Waals surface area contributed by atoms with E-state index in [4.69, 9.17) is 8.94 Å². The molecule has 1 atom stereocenters. The summed E-state index contributed by atoms with van der Waals surface area (Å²) in [5.74, 6) is 1.17. The molecule has 0 saturated carbocycles. The minimum absolute atomic E-state index is 0.00864. The van der Waals surface area contributed by atoms with Crippen LogP contribution in [0.1, 0.15) is 39.1 Å². The first kappa shape index (κ1) is 14.6. The van der Waals surface area contributed by atoms with Gasteiger partial charge < -0.3 is 14.3 Å². The molecule has 0 fully saturated rings. The molecule has 0 aromatic carbocycles. The number of nitrogens with zero attached hydrogens (tertiary/aromatic N) is 1. The fraction of sp³-hybridized carbons (Fsp3) is 0.250. The Balaban J connectivity index is 1.77. The number of nitrogens with one attached hydrogen (secondary N) is 1. The maximum Gasteiger partial charge on any atom is 0.256 e. The van der Waals surface area contributed by atoms with Gasteiger partial charge in [-0.1, -0.05) is 5.16 Å². The van der Waals surface area contributed by atoms with Crippen LogP contribution in [0.2, 0.25) is 0 Å². The van der Waals surface area contributed by atoms with Crippen molar-refractivity contribution in [3.8, 4) is 0 Å². The number of carbonyl (C=O) groups excluding carboxylic acids is 1. The summed E-state index contributed by atoms with van der Waals surface area (Å²) < 4.78 is 10.6. The van der Waals surface area contributed by atoms with Crippen molar-refractivity contribution in [3.05, 3.63) is 63.6 Å². The van der Waals surface area contributed by atoms with Crippen molar-refractivity contribution in [2.75, 3.05) is 6.54 Å². The zero-order chi connectivity index (χ0) is 15.5. The number of amides is 1. The molecule has 0 saturated heterocycles. The highest BCUT2D eigenvalue weighted by Gasteiger charge is 2.21. The molecular weight excluding hydrogens is 300 g/mol. The Morgan fingerprint density at radius 3 is 2.86 bits per heavy atom. The largest absolute Gasteiger partial charge is 0.469 e. The van der Waals surface area contributed by atoms with Crippen molar-refractivity contribution in [2.24, 2.45) is 0 Å². The van der Waals surface area contributed by atoms with Gasteiger partial charge in [-0.15, -0.1) is 0 Å². The van der Waals surface area contributed by atoms with E-state index in [1.54, 1.807) is 31.4 Å². The first-order valence-electron chi connectivity index (χ1n) is 6.93. The van der Waals surface area contributed by atoms with Crippen molar-refractivity contribution in [2.45, 2.75) is 19.8 Å². The molecule has 6 heteroatoms. The van der Waals surface area contributed by atoms with Crippen LogP contribution >= 0.6 is 11.3 Å². The number of rotatable bonds is 5. The van der Waals surface area contributed by atoms with Crippen LogP contribution in [0.15, 0.2) is 44.2 Å². The maximum absolute atomic E-state index is 12.4. The van der Waals surface area contributed by atoms with Gasteiger partial charge >= 0.3 is 0 Å². The van der Waals surface area contributed by atoms with E-state index in [9.17, 15) is 4.79 Å². The SMILES string of the molecule is Cc1noc(C)c1C(=O)NCC(c1ccsc1)c1ccco1. The van der Waals surface area contributed by atoms with Crippen LogP contribution in [-0.4, -0.2) is 17.6 Å². The number of hydrogen-bond acceptors (Lipinski definition) is 5. The number of aromatic nitrogens is 1. The highest BCUT2D eigenvalue weighted by atomic mass is 32.1. The van der Waals surface area contributed by atoms with E-state index in [0.29, 0.717) is 23.6 Å². The molecular formula is C16H16N2O3S. The molecule has 114 valence electrons. The second kappa shape index (κ2) is 6.19. The van der Waals surface area contributed by atoms with Gasteiger partial charge in [-0.3, -0.25) is 4.79 Å². The Morgan fingerprint density at radius 1 is 1.41 bits per heavy atom. The first-order valence-corrected chi connectivity index (χ1v) is 7.87. The second-order valence-corrected chi connectivity index (χ2v) is 5.81. The number of thiophene rings is 1. The van der Waals surface area contributed by atoms with Gasteiger partial charge in [0.05, 0.1) is 17.9 Å². The van der Waals surface area contributed by atoms with E-state index in [1.807, 2.05) is 23.6 Å². The average Bonchev–Trinajstić information content (AvgIpc) is 3.22. The summed E-state index contributed by atoms with van der Waals surface area (Å²) in [6, 6.07) is 5.81. The first-order chi connectivity index (χ1) is 10.7. The fourth-order valence-electron chi connectivity index (χ4n) is 2.44. The predicted molar refractivity (Wildman–Crippen MR) is 83.2 cm³/mol. The van der Waals surface area contributed by atoms with Crippen LogP contribution in [0.25, 0.3) is 0 Å². The lowest BCUT2D eigenvalue weighted by atomic mass is 9.99. The number of carbonyl (C=O) groups is 1. The molecule has 1 unspecified atom stereocenters. The second-order valence-electron chi connectivity index (χ2n) is 5.03. The third-order valence-corrected chi connectivity index (χ3v) is 4.26. The molecule has 0 radical (unpaired) electrons. The van der Waals surface area contributed by atoms with Crippen LogP contribution in [0.5, 0.6) is 0 Å². The van der Waals surface area contributed by atoms with Gasteiger partial charge in [0.15, 0.2) is 0 Å². The van der Waals surface area contributed by atoms with E-state index in [2.05, 4.69) is 15.9 Å². The summed E-state index contributed by atoms with van der Waals surface area (Å²) >= 11 is 1.62. The number of hydrogen-bond donors (Lipinski definition) is 1. The van der Waals surface area contributed by atoms with Crippen LogP contribution < -0.4 is 5.32 Å². The summed E-state index contributed by atoms with van der Waals surface area (Å²) in [5, 5.41) is 10.8. The van der Waals surface area contributed by atoms with Gasteiger partial charge in [0.1, 0.15) is 17.1 Å². The van der Waals surface area contributed by atoms with Crippen LogP contribution in [-0.2, 0) is 0 Å². The Bertz CT molecular complexity index is 691. The summed E-state index contributed by atoms with van der Waals surface area (Å²) in [4.78, 5) is 12.4. The van der Waals surface area contributed by atoms with E-state index in [1.165, 1.54) is 0 Å². The molecule has 0 aliphatic heterocycles. The molecule has 22 heavy (non-hydrogen) atoms. The van der Waals surface area contributed by atoms with Crippen LogP contribution in [0, 0.1) is 13.8 Å². The molecule has 3 heterocycles. The van der Waals surface area contributed by atoms with Crippen LogP contribution in [0.4, 0.5) is 0 Å². The molecule has 1 amide bonds. The highest BCUT2D eigenvalue weighted by Crippen LogP contribution is 2.26. The molecule has 0 spiro atoms. The monoisotopic (exact) mass is 316 g/mol. The van der Waals surface area contributed by atoms with Gasteiger partial charge in [-0.25, -0.2) is 0 Å². The van der Waals surface area contributed by atoms with Gasteiger partial charge in [-0.2, -0.15) is 11.3 Å². The molecule has 0 aliphatic rings. The van der Waals surface area contributed by atoms with E-state index in [0.717, 1.165) is 11.3 Å². The van der Waals surface area contributed by atoms with Gasteiger partial charge in [-0.05, 0) is 48.4 Å². The maximum atomic E-state index is 12.4. The summed E-state index contributed by atoms with van der Waals surface area (Å²) in [6.07, 6.45) is 1.64. The number of furan rings is 1. The topological polar surface area (TPSA) is 68.3 Å². The standard InChI is InChI=1S/C16H16N2O3S/c1-10-15(11(2)21-18-10)16(19)17-8-13(12-5-7-22-9-12)14-4-3-6-20-14/h3-7,9,13H,8H2,1-2H3,(H,17,19). The molecule has 5 nitrogen and oxygen atoms in total. The quantitative estimate of drug-likeness (QED) is 0.782. The molecule has 3 aromatic heterocycles. The Morgan fingerprint density at radius 2 is 2.27 bits per heavy atom. The Hall–Kier alpha value is -2.34. The number of aryl methyl sites for hydroxylation is 2. The Kier molecular flexibility index (Phi) is 4.11. The van der Waals surface area contributed by atoms with Crippen molar-refractivity contribution < 1.29 is 13.7 Å². The summed E-state index contributed by atoms with van der Waals surface area (Å²) in [6.45, 7) is 3.94. The predicted octanol–water partition coefficient (Wildman–Crippen LogP) is 3.51. The molecule has 3 rings (SSSR count). The third kappa shape index (κ3) is 2.82. The average molecular weight is 316 g/mol. The van der Waals surface area contributed by atoms with Crippen LogP contribution in [0.3, 0.4) is 0 Å². The fourth-order valence-corrected chi connectivity index (χ4v) is 3.15. The molecule has 0 bridgehead atoms. The molecule has 0 aliphatic carbocycles. The normalized spacial score (nSPS) is 12.3. The summed E-state index contributed by atoms with van der Waals surface area (Å²) in [5.41, 5.74) is 2.22. The highest BCUT2D eigenvalue weighted by molar-refractivity contribution is 7.08. The lowest BCUT2D eigenvalue weighted by molar-refractivity contribution is 0.0950. The smallest absolute Gasteiger partial charge is 0.256 e. The summed E-state index contributed by atoms with van der Waals surface area (Å²) in [7, 11) is 0. The molecule has 1 N–H and O–H groups in total. The van der Waals surface area contributed by atoms with Crippen molar-refractivity contribution in [1.82, 2.24) is 10.5 Å². The van der Waals surface area contributed by atoms with E-state index >= 15 is 0 Å². The zero-order valence-corrected chi connectivity index (χ0v) is 13.1. The zero-order valence-electron chi connectivity index (χ0n) is 12.3. The van der Waals surface area contributed by atoms with Crippen molar-refractivity contribution in [3.63, 3.8) is 0 Å². The van der Waals surface area contributed by atoms with Crippen molar-refractivity contribution >= 4 is 17.2 Å². The van der Waals surface area contributed by atoms with Gasteiger partial charge in [0.25, 0.3) is 5.91 Å². The Labute approximate surface area is 131 Å². The third-order valence-electron chi connectivity index (χ3n) is 3.56. The van der Waals surface area contributed by atoms with Crippen molar-refractivity contribution in [1.29, 1.82) is 0 Å². The lowest BCUT2D eigenvalue weighted by Gasteiger charge is -2.14. The minimum Gasteiger partial charge on any atom is -0.469 e. The molecule has 3 aromatic rings. The minimum atomic E-state index is -0.178. The van der Waals surface area contributed by atoms with E-state index in [-0.39, 0.29) is 11.8 Å². The van der Waals surface area contributed by atoms with E-state index < -0.39 is 0 Å². The van der Waals surface area contributed by atoms with Gasteiger partial charge in [0.2, 0.25) is 0 Å². The van der Waals surface area contributed by atoms with Gasteiger partial charge in [0, 0.05) is 6.54 Å².